The minimum absolute atomic E-state index is 0.0549. The first-order valence-electron chi connectivity index (χ1n) is 3.57. The minimum Gasteiger partial charge on any atom is -0.282 e. The first-order chi connectivity index (χ1) is 6.39. The second kappa shape index (κ2) is 3.95. The fraction of sp³-hybridized carbons (Fsp3) is 0.286. The lowest BCUT2D eigenvalue weighted by atomic mass is 10.3. The van der Waals surface area contributed by atoms with Crippen LogP contribution < -0.4 is 4.72 Å². The Morgan fingerprint density at radius 3 is 2.64 bits per heavy atom. The second-order valence-electron chi connectivity index (χ2n) is 2.53. The van der Waals surface area contributed by atoms with Crippen LogP contribution in [0.15, 0.2) is 18.3 Å². The van der Waals surface area contributed by atoms with Gasteiger partial charge in [0.15, 0.2) is 0 Å². The van der Waals surface area contributed by atoms with Gasteiger partial charge in [-0.2, -0.15) is 13.2 Å². The van der Waals surface area contributed by atoms with Crippen LogP contribution >= 0.6 is 0 Å². The molecule has 0 aliphatic heterocycles. The number of aryl methyl sites for hydroxylation is 1. The van der Waals surface area contributed by atoms with Gasteiger partial charge in [-0.1, -0.05) is 0 Å². The van der Waals surface area contributed by atoms with Crippen molar-refractivity contribution in [3.63, 3.8) is 0 Å². The van der Waals surface area contributed by atoms with Gasteiger partial charge in [-0.25, -0.2) is 9.19 Å². The maximum atomic E-state index is 11.8. The molecule has 1 N–H and O–H groups in total. The lowest BCUT2D eigenvalue weighted by Gasteiger charge is -2.07. The molecule has 0 aliphatic carbocycles. The van der Waals surface area contributed by atoms with E-state index in [-0.39, 0.29) is 5.82 Å². The molecule has 1 aromatic heterocycles. The first-order valence-corrected chi connectivity index (χ1v) is 4.72. The summed E-state index contributed by atoms with van der Waals surface area (Å²) in [5, 5.41) is 0. The summed E-state index contributed by atoms with van der Waals surface area (Å²) in [4.78, 5) is 3.59. The Hall–Kier alpha value is -1.11. The van der Waals surface area contributed by atoms with E-state index in [0.717, 1.165) is 5.56 Å². The third-order valence-corrected chi connectivity index (χ3v) is 2.14. The van der Waals surface area contributed by atoms with Gasteiger partial charge in [0, 0.05) is 6.20 Å². The average molecular weight is 224 g/mol. The highest BCUT2D eigenvalue weighted by Gasteiger charge is 2.37. The SMILES string of the molecule is Cc1ccnc(NS(=O)C(F)(F)F)c1. The molecule has 7 heteroatoms. The molecular weight excluding hydrogens is 217 g/mol. The molecule has 0 spiro atoms. The van der Waals surface area contributed by atoms with Crippen LogP contribution in [-0.2, 0) is 11.0 Å². The molecular formula is C7H7F3N2OS. The van der Waals surface area contributed by atoms with Gasteiger partial charge >= 0.3 is 5.51 Å². The van der Waals surface area contributed by atoms with Crippen LogP contribution in [0, 0.1) is 6.92 Å². The highest BCUT2D eigenvalue weighted by Crippen LogP contribution is 2.21. The van der Waals surface area contributed by atoms with Gasteiger partial charge in [0.05, 0.1) is 0 Å². The van der Waals surface area contributed by atoms with E-state index in [0.29, 0.717) is 0 Å². The summed E-state index contributed by atoms with van der Waals surface area (Å²) in [7, 11) is -3.11. The van der Waals surface area contributed by atoms with Crippen LogP contribution in [0.1, 0.15) is 5.56 Å². The van der Waals surface area contributed by atoms with Gasteiger partial charge < -0.3 is 0 Å². The fourth-order valence-electron chi connectivity index (χ4n) is 0.745. The monoisotopic (exact) mass is 224 g/mol. The summed E-state index contributed by atoms with van der Waals surface area (Å²) >= 11 is 0. The summed E-state index contributed by atoms with van der Waals surface area (Å²) in [6.45, 7) is 1.70. The van der Waals surface area contributed by atoms with E-state index in [1.54, 1.807) is 17.7 Å². The van der Waals surface area contributed by atoms with E-state index in [4.69, 9.17) is 0 Å². The Morgan fingerprint density at radius 1 is 1.50 bits per heavy atom. The van der Waals surface area contributed by atoms with Crippen LogP contribution in [0.4, 0.5) is 19.0 Å². The Balaban J connectivity index is 2.75. The van der Waals surface area contributed by atoms with Crippen molar-refractivity contribution in [1.29, 1.82) is 0 Å². The van der Waals surface area contributed by atoms with Crippen LogP contribution in [0.3, 0.4) is 0 Å². The largest absolute Gasteiger partial charge is 0.490 e. The molecule has 0 saturated carbocycles. The number of hydrogen-bond donors (Lipinski definition) is 1. The smallest absolute Gasteiger partial charge is 0.282 e. The fourth-order valence-corrected chi connectivity index (χ4v) is 1.16. The van der Waals surface area contributed by atoms with Crippen molar-refractivity contribution < 1.29 is 17.4 Å². The molecule has 0 saturated heterocycles. The van der Waals surface area contributed by atoms with Crippen molar-refractivity contribution >= 4 is 16.8 Å². The van der Waals surface area contributed by atoms with E-state index >= 15 is 0 Å². The molecule has 0 fully saturated rings. The highest BCUT2D eigenvalue weighted by atomic mass is 32.2. The average Bonchev–Trinajstić information content (AvgIpc) is 2.02. The van der Waals surface area contributed by atoms with E-state index in [1.165, 1.54) is 12.3 Å². The van der Waals surface area contributed by atoms with E-state index < -0.39 is 16.5 Å². The summed E-state index contributed by atoms with van der Waals surface area (Å²) in [6.07, 6.45) is 1.34. The Bertz CT molecular complexity index is 353. The zero-order chi connectivity index (χ0) is 10.8. The number of alkyl halides is 3. The maximum Gasteiger partial charge on any atom is 0.490 e. The van der Waals surface area contributed by atoms with Gasteiger partial charge in [0.2, 0.25) is 11.0 Å². The zero-order valence-corrected chi connectivity index (χ0v) is 7.95. The van der Waals surface area contributed by atoms with Crippen LogP contribution in [0.5, 0.6) is 0 Å². The number of aromatic nitrogens is 1. The molecule has 78 valence electrons. The second-order valence-corrected chi connectivity index (χ2v) is 3.74. The molecule has 1 rings (SSSR count). The molecule has 14 heavy (non-hydrogen) atoms. The van der Waals surface area contributed by atoms with E-state index in [2.05, 4.69) is 4.98 Å². The Kier molecular flexibility index (Phi) is 3.10. The summed E-state index contributed by atoms with van der Waals surface area (Å²) < 4.78 is 47.9. The van der Waals surface area contributed by atoms with Crippen molar-refractivity contribution in [3.05, 3.63) is 23.9 Å². The first kappa shape index (κ1) is 11.0. The summed E-state index contributed by atoms with van der Waals surface area (Å²) in [5.41, 5.74) is -4.03. The Morgan fingerprint density at radius 2 is 2.14 bits per heavy atom. The Labute approximate surface area is 80.9 Å². The highest BCUT2D eigenvalue weighted by molar-refractivity contribution is 7.87. The molecule has 0 amide bonds. The number of rotatable bonds is 2. The standard InChI is InChI=1S/C7H7F3N2OS/c1-5-2-3-11-6(4-5)12-14(13)7(8,9)10/h2-4H,1H3,(H,11,12). The van der Waals surface area contributed by atoms with Crippen molar-refractivity contribution in [2.75, 3.05) is 4.72 Å². The van der Waals surface area contributed by atoms with Crippen LogP contribution in [0.25, 0.3) is 0 Å². The van der Waals surface area contributed by atoms with Gasteiger partial charge in [-0.05, 0) is 24.6 Å². The van der Waals surface area contributed by atoms with Crippen LogP contribution in [0.2, 0.25) is 0 Å². The molecule has 0 radical (unpaired) electrons. The molecule has 0 aromatic carbocycles. The van der Waals surface area contributed by atoms with Crippen molar-refractivity contribution in [1.82, 2.24) is 4.98 Å². The lowest BCUT2D eigenvalue weighted by molar-refractivity contribution is -0.0379. The molecule has 1 unspecified atom stereocenters. The third kappa shape index (κ3) is 2.99. The zero-order valence-electron chi connectivity index (χ0n) is 7.13. The third-order valence-electron chi connectivity index (χ3n) is 1.32. The predicted octanol–water partition coefficient (Wildman–Crippen LogP) is 1.99. The minimum atomic E-state index is -4.77. The number of anilines is 1. The van der Waals surface area contributed by atoms with Gasteiger partial charge in [0.25, 0.3) is 0 Å². The molecule has 0 bridgehead atoms. The van der Waals surface area contributed by atoms with E-state index in [1.807, 2.05) is 0 Å². The van der Waals surface area contributed by atoms with Crippen molar-refractivity contribution in [3.8, 4) is 0 Å². The van der Waals surface area contributed by atoms with Gasteiger partial charge in [-0.3, -0.25) is 4.72 Å². The number of halogens is 3. The number of hydrogen-bond acceptors (Lipinski definition) is 2. The molecule has 1 aromatic rings. The number of pyridine rings is 1. The molecule has 1 atom stereocenters. The number of nitrogens with one attached hydrogen (secondary N) is 1. The molecule has 3 nitrogen and oxygen atoms in total. The predicted molar refractivity (Wildman–Crippen MR) is 46.8 cm³/mol. The number of nitrogens with zero attached hydrogens (tertiary/aromatic N) is 1. The topological polar surface area (TPSA) is 42.0 Å². The normalized spacial score (nSPS) is 13.7. The summed E-state index contributed by atoms with van der Waals surface area (Å²) in [6, 6.07) is 3.01. The van der Waals surface area contributed by atoms with Crippen LogP contribution in [-0.4, -0.2) is 14.7 Å². The van der Waals surface area contributed by atoms with Gasteiger partial charge in [0.1, 0.15) is 5.82 Å². The van der Waals surface area contributed by atoms with Gasteiger partial charge in [-0.15, -0.1) is 0 Å². The maximum absolute atomic E-state index is 11.8. The quantitative estimate of drug-likeness (QED) is 0.834. The van der Waals surface area contributed by atoms with E-state index in [9.17, 15) is 17.4 Å². The molecule has 1 heterocycles. The van der Waals surface area contributed by atoms with Crippen molar-refractivity contribution in [2.24, 2.45) is 0 Å². The molecule has 0 aliphatic rings. The lowest BCUT2D eigenvalue weighted by Crippen LogP contribution is -2.23. The summed E-state index contributed by atoms with van der Waals surface area (Å²) in [5.74, 6) is -0.0549. The van der Waals surface area contributed by atoms with Crippen molar-refractivity contribution in [2.45, 2.75) is 12.4 Å².